The number of hydrogen-bond acceptors (Lipinski definition) is 6. The van der Waals surface area contributed by atoms with Gasteiger partial charge < -0.3 is 10.6 Å². The molecule has 0 aromatic carbocycles. The number of carbonyl (C=O) groups excluding carboxylic acids is 2. The molecule has 0 radical (unpaired) electrons. The van der Waals surface area contributed by atoms with Crippen molar-refractivity contribution in [3.05, 3.63) is 53.3 Å². The zero-order valence-electron chi connectivity index (χ0n) is 14.2. The number of hydrogen-bond donors (Lipinski definition) is 2. The third-order valence-electron chi connectivity index (χ3n) is 3.45. The van der Waals surface area contributed by atoms with E-state index in [-0.39, 0.29) is 18.4 Å². The molecule has 0 aliphatic heterocycles. The van der Waals surface area contributed by atoms with Gasteiger partial charge in [0.15, 0.2) is 5.13 Å². The second kappa shape index (κ2) is 8.15. The van der Waals surface area contributed by atoms with Crippen LogP contribution in [-0.2, 0) is 4.79 Å². The fraction of sp³-hybridized carbons (Fsp3) is 0.176. The van der Waals surface area contributed by atoms with Gasteiger partial charge in [-0.05, 0) is 37.1 Å². The van der Waals surface area contributed by atoms with Crippen LogP contribution in [0.5, 0.6) is 0 Å². The van der Waals surface area contributed by atoms with Crippen LogP contribution in [0.2, 0.25) is 0 Å². The van der Waals surface area contributed by atoms with Crippen molar-refractivity contribution in [1.82, 2.24) is 19.3 Å². The number of pyridine rings is 1. The van der Waals surface area contributed by atoms with Gasteiger partial charge in [-0.1, -0.05) is 6.07 Å². The maximum Gasteiger partial charge on any atom is 0.253 e. The highest BCUT2D eigenvalue weighted by atomic mass is 32.2. The molecule has 7 nitrogen and oxygen atoms in total. The van der Waals surface area contributed by atoms with Gasteiger partial charge in [0.1, 0.15) is 5.69 Å². The second-order valence-corrected chi connectivity index (χ2v) is 7.02. The van der Waals surface area contributed by atoms with Crippen molar-refractivity contribution in [2.75, 3.05) is 18.1 Å². The summed E-state index contributed by atoms with van der Waals surface area (Å²) in [7, 11) is 0. The predicted molar refractivity (Wildman–Crippen MR) is 104 cm³/mol. The number of aromatic nitrogens is 3. The molecule has 0 saturated carbocycles. The minimum absolute atomic E-state index is 0.124. The summed E-state index contributed by atoms with van der Waals surface area (Å²) < 4.78 is 1.81. The largest absolute Gasteiger partial charge is 0.343 e. The van der Waals surface area contributed by atoms with Crippen molar-refractivity contribution in [2.45, 2.75) is 6.92 Å². The molecule has 0 fully saturated rings. The van der Waals surface area contributed by atoms with E-state index in [2.05, 4.69) is 20.6 Å². The van der Waals surface area contributed by atoms with Crippen molar-refractivity contribution >= 4 is 40.2 Å². The van der Waals surface area contributed by atoms with E-state index in [1.807, 2.05) is 40.7 Å². The Hall–Kier alpha value is -2.65. The SMILES string of the molecule is CSn1ccc(C(=O)NCC(=O)Nc2nc(-c3cccc(C)n3)cs2)c1. The van der Waals surface area contributed by atoms with Crippen molar-refractivity contribution in [2.24, 2.45) is 0 Å². The van der Waals surface area contributed by atoms with Gasteiger partial charge in [0.25, 0.3) is 5.91 Å². The summed E-state index contributed by atoms with van der Waals surface area (Å²) >= 11 is 2.79. The highest BCUT2D eigenvalue weighted by Gasteiger charge is 2.12. The Morgan fingerprint density at radius 2 is 2.08 bits per heavy atom. The van der Waals surface area contributed by atoms with E-state index in [9.17, 15) is 9.59 Å². The molecular formula is C17H17N5O2S2. The topological polar surface area (TPSA) is 88.9 Å². The molecule has 0 aliphatic carbocycles. The fourth-order valence-corrected chi connectivity index (χ4v) is 3.31. The number of aryl methyl sites for hydroxylation is 1. The molecule has 0 aliphatic rings. The lowest BCUT2D eigenvalue weighted by atomic mass is 10.3. The van der Waals surface area contributed by atoms with Gasteiger partial charge in [0.05, 0.1) is 17.8 Å². The summed E-state index contributed by atoms with van der Waals surface area (Å²) in [5, 5.41) is 7.58. The van der Waals surface area contributed by atoms with Crippen molar-refractivity contribution in [1.29, 1.82) is 0 Å². The highest BCUT2D eigenvalue weighted by Crippen LogP contribution is 2.23. The first-order valence-corrected chi connectivity index (χ1v) is 9.81. The molecule has 3 heterocycles. The third kappa shape index (κ3) is 4.50. The monoisotopic (exact) mass is 387 g/mol. The Morgan fingerprint density at radius 1 is 1.23 bits per heavy atom. The van der Waals surface area contributed by atoms with E-state index in [0.717, 1.165) is 11.4 Å². The third-order valence-corrected chi connectivity index (χ3v) is 4.86. The zero-order valence-corrected chi connectivity index (χ0v) is 15.9. The lowest BCUT2D eigenvalue weighted by molar-refractivity contribution is -0.115. The molecular weight excluding hydrogens is 370 g/mol. The predicted octanol–water partition coefficient (Wildman–Crippen LogP) is 2.81. The van der Waals surface area contributed by atoms with Crippen LogP contribution in [0.3, 0.4) is 0 Å². The number of nitrogens with one attached hydrogen (secondary N) is 2. The zero-order chi connectivity index (χ0) is 18.5. The Morgan fingerprint density at radius 3 is 2.81 bits per heavy atom. The minimum Gasteiger partial charge on any atom is -0.343 e. The molecule has 3 aromatic heterocycles. The highest BCUT2D eigenvalue weighted by molar-refractivity contribution is 7.97. The quantitative estimate of drug-likeness (QED) is 0.679. The number of nitrogens with zero attached hydrogens (tertiary/aromatic N) is 3. The lowest BCUT2D eigenvalue weighted by Gasteiger charge is -2.04. The second-order valence-electron chi connectivity index (χ2n) is 5.38. The Labute approximate surface area is 159 Å². The van der Waals surface area contributed by atoms with Gasteiger partial charge in [-0.15, -0.1) is 11.3 Å². The maximum atomic E-state index is 12.0. The molecule has 2 N–H and O–H groups in total. The molecule has 3 aromatic rings. The number of thiazole rings is 1. The van der Waals surface area contributed by atoms with Gasteiger partial charge in [-0.25, -0.2) is 4.98 Å². The van der Waals surface area contributed by atoms with Crippen LogP contribution >= 0.6 is 23.3 Å². The van der Waals surface area contributed by atoms with Crippen LogP contribution in [0.4, 0.5) is 5.13 Å². The molecule has 9 heteroatoms. The Bertz CT molecular complexity index is 935. The van der Waals surface area contributed by atoms with Gasteiger partial charge in [-0.3, -0.25) is 18.5 Å². The number of carbonyl (C=O) groups is 2. The Kier molecular flexibility index (Phi) is 5.69. The molecule has 3 rings (SSSR count). The number of anilines is 1. The lowest BCUT2D eigenvalue weighted by Crippen LogP contribution is -2.32. The number of rotatable bonds is 6. The average Bonchev–Trinajstić information content (AvgIpc) is 3.29. The standard InChI is InChI=1S/C17H17N5O2S2/c1-11-4-3-5-13(19-11)14-10-26-17(20-14)21-15(23)8-18-16(24)12-6-7-22(9-12)25-2/h3-7,9-10H,8H2,1-2H3,(H,18,24)(H,20,21,23). The van der Waals surface area contributed by atoms with Crippen LogP contribution in [0.25, 0.3) is 11.4 Å². The molecule has 0 atom stereocenters. The normalized spacial score (nSPS) is 10.5. The smallest absolute Gasteiger partial charge is 0.253 e. The molecule has 0 saturated heterocycles. The van der Waals surface area contributed by atoms with Crippen LogP contribution in [0.15, 0.2) is 42.0 Å². The average molecular weight is 387 g/mol. The van der Waals surface area contributed by atoms with Crippen LogP contribution < -0.4 is 10.6 Å². The first kappa shape index (κ1) is 18.2. The first-order chi connectivity index (χ1) is 12.5. The molecule has 0 spiro atoms. The summed E-state index contributed by atoms with van der Waals surface area (Å²) in [5.41, 5.74) is 2.87. The summed E-state index contributed by atoms with van der Waals surface area (Å²) in [6, 6.07) is 7.39. The van der Waals surface area contributed by atoms with Crippen LogP contribution in [0, 0.1) is 6.92 Å². The molecule has 2 amide bonds. The van der Waals surface area contributed by atoms with E-state index in [4.69, 9.17) is 0 Å². The molecule has 134 valence electrons. The fourth-order valence-electron chi connectivity index (χ4n) is 2.19. The Balaban J connectivity index is 1.54. The number of amides is 2. The van der Waals surface area contributed by atoms with Gasteiger partial charge in [0.2, 0.25) is 5.91 Å². The molecule has 0 bridgehead atoms. The van der Waals surface area contributed by atoms with Crippen LogP contribution in [0.1, 0.15) is 16.1 Å². The molecule has 26 heavy (non-hydrogen) atoms. The summed E-state index contributed by atoms with van der Waals surface area (Å²) in [5.74, 6) is -0.627. The van der Waals surface area contributed by atoms with Crippen molar-refractivity contribution in [3.63, 3.8) is 0 Å². The van der Waals surface area contributed by atoms with Crippen LogP contribution in [-0.4, -0.2) is 38.6 Å². The first-order valence-electron chi connectivity index (χ1n) is 7.75. The van der Waals surface area contributed by atoms with Gasteiger partial charge in [0, 0.05) is 29.7 Å². The summed E-state index contributed by atoms with van der Waals surface area (Å²) in [6.45, 7) is 1.79. The van der Waals surface area contributed by atoms with Crippen molar-refractivity contribution < 1.29 is 9.59 Å². The van der Waals surface area contributed by atoms with Gasteiger partial charge in [-0.2, -0.15) is 0 Å². The van der Waals surface area contributed by atoms with E-state index in [1.165, 1.54) is 23.3 Å². The van der Waals surface area contributed by atoms with E-state index >= 15 is 0 Å². The molecule has 0 unspecified atom stereocenters. The van der Waals surface area contributed by atoms with Gasteiger partial charge >= 0.3 is 0 Å². The van der Waals surface area contributed by atoms with E-state index < -0.39 is 0 Å². The summed E-state index contributed by atoms with van der Waals surface area (Å²) in [4.78, 5) is 32.8. The van der Waals surface area contributed by atoms with Crippen molar-refractivity contribution in [3.8, 4) is 11.4 Å². The maximum absolute atomic E-state index is 12.0. The van der Waals surface area contributed by atoms with E-state index in [1.54, 1.807) is 18.5 Å². The summed E-state index contributed by atoms with van der Waals surface area (Å²) in [6.07, 6.45) is 5.40. The minimum atomic E-state index is -0.333. The van der Waals surface area contributed by atoms with E-state index in [0.29, 0.717) is 16.4 Å².